The molecule has 19 heteroatoms. The van der Waals surface area contributed by atoms with Crippen LogP contribution in [0.2, 0.25) is 0 Å². The molecule has 0 atom stereocenters. The zero-order chi connectivity index (χ0) is 52.2. The Bertz CT molecular complexity index is 2170. The van der Waals surface area contributed by atoms with Crippen molar-refractivity contribution in [3.05, 3.63) is 273 Å². The Kier molecular flexibility index (Phi) is 27.3. The molecule has 0 heterocycles. The van der Waals surface area contributed by atoms with Crippen LogP contribution in [0.3, 0.4) is 0 Å². The second-order valence-electron chi connectivity index (χ2n) is 14.5. The zero-order valence-electron chi connectivity index (χ0n) is 38.4. The average Bonchev–Trinajstić information content (AvgIpc) is 3.36. The minimum Gasteiger partial charge on any atom is -0.418 e. The first-order valence-electron chi connectivity index (χ1n) is 21.8. The van der Waals surface area contributed by atoms with E-state index in [4.69, 9.17) is 0 Å². The molecule has 0 spiro atoms. The normalized spacial score (nSPS) is 10.7. The molecule has 0 nitrogen and oxygen atoms in total. The predicted molar refractivity (Wildman–Crippen MR) is 286 cm³/mol. The molecular weight excluding hydrogens is 1100 g/mol. The molecule has 0 amide bonds. The Morgan fingerprint density at radius 1 is 0.164 bits per heavy atom. The van der Waals surface area contributed by atoms with Crippen LogP contribution in [-0.2, 0) is 19.5 Å². The molecule has 0 saturated carbocycles. The van der Waals surface area contributed by atoms with Crippen molar-refractivity contribution in [2.45, 2.75) is 0 Å². The Morgan fingerprint density at radius 3 is 0.301 bits per heavy atom. The van der Waals surface area contributed by atoms with Gasteiger partial charge < -0.3 is 51.8 Å². The molecular formula is C54H45B3F12P3Rh. The van der Waals surface area contributed by atoms with Crippen LogP contribution in [0.4, 0.5) is 51.8 Å². The molecule has 0 fully saturated rings. The maximum Gasteiger partial charge on any atom is 3.00 e. The maximum absolute atomic E-state index is 9.75. The van der Waals surface area contributed by atoms with Crippen molar-refractivity contribution in [2.75, 3.05) is 0 Å². The van der Waals surface area contributed by atoms with Gasteiger partial charge in [0.15, 0.2) is 0 Å². The van der Waals surface area contributed by atoms with Gasteiger partial charge in [-0.3, -0.25) is 0 Å². The minimum atomic E-state index is -6.00. The van der Waals surface area contributed by atoms with Crippen LogP contribution >= 0.6 is 23.8 Å². The molecule has 0 N–H and O–H groups in total. The molecule has 0 radical (unpaired) electrons. The molecule has 0 aromatic heterocycles. The van der Waals surface area contributed by atoms with Crippen LogP contribution < -0.4 is 47.7 Å². The van der Waals surface area contributed by atoms with E-state index in [1.165, 1.54) is 47.7 Å². The zero-order valence-corrected chi connectivity index (χ0v) is 42.7. The summed E-state index contributed by atoms with van der Waals surface area (Å²) in [6.45, 7) is 0. The largest absolute Gasteiger partial charge is 3.00 e. The van der Waals surface area contributed by atoms with E-state index in [1.807, 2.05) is 0 Å². The summed E-state index contributed by atoms with van der Waals surface area (Å²) in [4.78, 5) is 0. The van der Waals surface area contributed by atoms with Gasteiger partial charge in [0.2, 0.25) is 0 Å². The van der Waals surface area contributed by atoms with Gasteiger partial charge in [0.1, 0.15) is 0 Å². The minimum absolute atomic E-state index is 0. The number of hydrogen-bond acceptors (Lipinski definition) is 0. The Morgan fingerprint density at radius 2 is 0.233 bits per heavy atom. The van der Waals surface area contributed by atoms with E-state index >= 15 is 0 Å². The van der Waals surface area contributed by atoms with Crippen molar-refractivity contribution in [3.8, 4) is 0 Å². The third kappa shape index (κ3) is 26.2. The SMILES string of the molecule is F[B-](F)(F)F.F[B-](F)(F)F.F[B-](F)(F)F.[Rh+3].c1ccc(P(c2ccccc2)c2ccccc2)cc1.c1ccc(P(c2ccccc2)c2ccccc2)cc1.c1ccc(P(c2ccccc2)c2ccccc2)cc1. The first-order valence-corrected chi connectivity index (χ1v) is 25.9. The molecule has 9 aromatic rings. The van der Waals surface area contributed by atoms with Gasteiger partial charge in [0.25, 0.3) is 0 Å². The predicted octanol–water partition coefficient (Wildman–Crippen LogP) is 14.2. The van der Waals surface area contributed by atoms with Crippen LogP contribution in [0, 0.1) is 0 Å². The Labute approximate surface area is 435 Å². The first kappa shape index (κ1) is 61.5. The topological polar surface area (TPSA) is 0 Å². The van der Waals surface area contributed by atoms with E-state index in [0.717, 1.165) is 0 Å². The van der Waals surface area contributed by atoms with Crippen LogP contribution in [0.25, 0.3) is 0 Å². The summed E-state index contributed by atoms with van der Waals surface area (Å²) in [6, 6.07) is 97.0. The molecule has 9 rings (SSSR count). The number of hydrogen-bond donors (Lipinski definition) is 0. The standard InChI is InChI=1S/3C18H15P.3BF4.Rh/c3*1-4-10-16(11-5-1)19(17-12-6-2-7-13-17)18-14-8-3-9-15-18;3*2-1(3,4)5;/h3*1-15H;;;;/q;;;3*-1;+3. The fourth-order valence-electron chi connectivity index (χ4n) is 6.54. The van der Waals surface area contributed by atoms with Gasteiger partial charge in [0.05, 0.1) is 0 Å². The van der Waals surface area contributed by atoms with Gasteiger partial charge >= 0.3 is 41.2 Å². The molecule has 378 valence electrons. The van der Waals surface area contributed by atoms with Crippen LogP contribution in [0.5, 0.6) is 0 Å². The summed E-state index contributed by atoms with van der Waals surface area (Å²) in [5.41, 5.74) is 0. The summed E-state index contributed by atoms with van der Waals surface area (Å²) < 4.78 is 117. The quantitative estimate of drug-likeness (QED) is 0.0768. The van der Waals surface area contributed by atoms with Gasteiger partial charge in [0, 0.05) is 0 Å². The first-order chi connectivity index (χ1) is 34.3. The second-order valence-corrected chi connectivity index (χ2v) is 21.2. The summed E-state index contributed by atoms with van der Waals surface area (Å²) in [6.07, 6.45) is 0. The Hall–Kier alpha value is -5.75. The van der Waals surface area contributed by atoms with Crippen molar-refractivity contribution in [1.29, 1.82) is 0 Å². The second kappa shape index (κ2) is 32.4. The van der Waals surface area contributed by atoms with Gasteiger partial charge in [-0.1, -0.05) is 273 Å². The summed E-state index contributed by atoms with van der Waals surface area (Å²) >= 11 is 0. The molecule has 73 heavy (non-hydrogen) atoms. The van der Waals surface area contributed by atoms with Gasteiger partial charge in [-0.15, -0.1) is 0 Å². The third-order valence-corrected chi connectivity index (χ3v) is 16.5. The van der Waals surface area contributed by atoms with E-state index in [9.17, 15) is 51.8 Å². The van der Waals surface area contributed by atoms with E-state index in [0.29, 0.717) is 0 Å². The maximum atomic E-state index is 9.75. The van der Waals surface area contributed by atoms with E-state index in [2.05, 4.69) is 273 Å². The van der Waals surface area contributed by atoms with Crippen molar-refractivity contribution in [3.63, 3.8) is 0 Å². The molecule has 0 aliphatic carbocycles. The molecule has 0 aliphatic rings. The Balaban J connectivity index is 0.000000252. The van der Waals surface area contributed by atoms with Crippen molar-refractivity contribution < 1.29 is 71.3 Å². The number of halogens is 12. The van der Waals surface area contributed by atoms with Gasteiger partial charge in [-0.2, -0.15) is 0 Å². The molecule has 0 saturated heterocycles. The molecule has 0 bridgehead atoms. The van der Waals surface area contributed by atoms with Crippen molar-refractivity contribution in [2.24, 2.45) is 0 Å². The van der Waals surface area contributed by atoms with E-state index < -0.39 is 45.5 Å². The smallest absolute Gasteiger partial charge is 0.418 e. The van der Waals surface area contributed by atoms with Crippen LogP contribution in [0.1, 0.15) is 0 Å². The number of rotatable bonds is 9. The van der Waals surface area contributed by atoms with Crippen LogP contribution in [0.15, 0.2) is 273 Å². The van der Waals surface area contributed by atoms with E-state index in [-0.39, 0.29) is 19.5 Å². The number of benzene rings is 9. The third-order valence-electron chi connectivity index (χ3n) is 9.13. The summed E-state index contributed by atoms with van der Waals surface area (Å²) in [5, 5.41) is 12.6. The average molecular weight is 1150 g/mol. The summed E-state index contributed by atoms with van der Waals surface area (Å²) in [5.74, 6) is 0. The van der Waals surface area contributed by atoms with Crippen molar-refractivity contribution in [1.82, 2.24) is 0 Å². The summed E-state index contributed by atoms with van der Waals surface area (Å²) in [7, 11) is -19.3. The van der Waals surface area contributed by atoms with Gasteiger partial charge in [-0.25, -0.2) is 0 Å². The molecule has 9 aromatic carbocycles. The molecule has 0 unspecified atom stereocenters. The molecule has 0 aliphatic heterocycles. The van der Waals surface area contributed by atoms with Gasteiger partial charge in [-0.05, 0) is 71.5 Å². The fourth-order valence-corrected chi connectivity index (χ4v) is 13.5. The van der Waals surface area contributed by atoms with Crippen molar-refractivity contribution >= 4 is 93.3 Å². The monoisotopic (exact) mass is 1150 g/mol. The van der Waals surface area contributed by atoms with Crippen LogP contribution in [-0.4, -0.2) is 21.8 Å². The van der Waals surface area contributed by atoms with E-state index in [1.54, 1.807) is 0 Å². The fraction of sp³-hybridized carbons (Fsp3) is 0.